The van der Waals surface area contributed by atoms with Crippen molar-refractivity contribution < 1.29 is 4.74 Å². The van der Waals surface area contributed by atoms with E-state index >= 15 is 0 Å². The lowest BCUT2D eigenvalue weighted by atomic mass is 10.1. The molecule has 21 heavy (non-hydrogen) atoms. The third-order valence-electron chi connectivity index (χ3n) is 2.89. The van der Waals surface area contributed by atoms with Crippen LogP contribution in [0.25, 0.3) is 5.57 Å². The highest BCUT2D eigenvalue weighted by atomic mass is 16.5. The Labute approximate surface area is 125 Å². The van der Waals surface area contributed by atoms with Gasteiger partial charge in [0.2, 0.25) is 0 Å². The van der Waals surface area contributed by atoms with Crippen molar-refractivity contribution in [1.29, 1.82) is 0 Å². The summed E-state index contributed by atoms with van der Waals surface area (Å²) in [6.45, 7) is 0. The monoisotopic (exact) mass is 275 g/mol. The molecule has 0 saturated carbocycles. The second kappa shape index (κ2) is 7.72. The van der Waals surface area contributed by atoms with Crippen molar-refractivity contribution in [2.24, 2.45) is 0 Å². The van der Waals surface area contributed by atoms with Gasteiger partial charge in [-0.05, 0) is 11.1 Å². The van der Waals surface area contributed by atoms with Crippen molar-refractivity contribution in [2.45, 2.75) is 6.42 Å². The first-order chi connectivity index (χ1) is 10.3. The predicted octanol–water partition coefficient (Wildman–Crippen LogP) is 3.53. The van der Waals surface area contributed by atoms with Gasteiger partial charge >= 0.3 is 0 Å². The first-order valence-corrected chi connectivity index (χ1v) is 6.79. The summed E-state index contributed by atoms with van der Waals surface area (Å²) in [7, 11) is 1.45. The normalized spacial score (nSPS) is 11.7. The highest BCUT2D eigenvalue weighted by Gasteiger charge is 1.97. The van der Waals surface area contributed by atoms with Gasteiger partial charge in [0.15, 0.2) is 6.21 Å². The van der Waals surface area contributed by atoms with Crippen LogP contribution in [0.2, 0.25) is 0 Å². The zero-order chi connectivity index (χ0) is 14.9. The average Bonchev–Trinajstić information content (AvgIpc) is 2.52. The van der Waals surface area contributed by atoms with Gasteiger partial charge in [-0.3, -0.25) is 0 Å². The molecule has 0 heterocycles. The fourth-order valence-corrected chi connectivity index (χ4v) is 1.84. The molecular weight excluding hydrogens is 258 g/mol. The van der Waals surface area contributed by atoms with Gasteiger partial charge < -0.3 is 5.21 Å². The van der Waals surface area contributed by atoms with Gasteiger partial charge in [0.05, 0.1) is 0 Å². The van der Waals surface area contributed by atoms with Gasteiger partial charge in [-0.1, -0.05) is 72.5 Å². The lowest BCUT2D eigenvalue weighted by Gasteiger charge is -1.99. The molecule has 2 heteroatoms. The summed E-state index contributed by atoms with van der Waals surface area (Å²) < 4.78 is 0.766. The van der Waals surface area contributed by atoms with Gasteiger partial charge in [-0.25, -0.2) is 4.74 Å². The van der Waals surface area contributed by atoms with E-state index in [-0.39, 0.29) is 0 Å². The molecular formula is C19H17NO. The van der Waals surface area contributed by atoms with Crippen LogP contribution in [0.15, 0.2) is 66.7 Å². The lowest BCUT2D eigenvalue weighted by Crippen LogP contribution is -1.94. The van der Waals surface area contributed by atoms with Crippen LogP contribution in [0.4, 0.5) is 0 Å². The molecule has 0 atom stereocenters. The number of hydroxylamine groups is 1. The first kappa shape index (κ1) is 14.6. The zero-order valence-electron chi connectivity index (χ0n) is 12.0. The fraction of sp³-hybridized carbons (Fsp3) is 0.105. The Morgan fingerprint density at radius 3 is 2.29 bits per heavy atom. The Morgan fingerprint density at radius 1 is 1.05 bits per heavy atom. The Hall–Kier alpha value is -2.79. The van der Waals surface area contributed by atoms with E-state index in [9.17, 15) is 5.21 Å². The van der Waals surface area contributed by atoms with Gasteiger partial charge in [0.1, 0.15) is 7.05 Å². The molecule has 2 rings (SSSR count). The topological polar surface area (TPSA) is 26.1 Å². The van der Waals surface area contributed by atoms with E-state index < -0.39 is 0 Å². The van der Waals surface area contributed by atoms with E-state index in [1.54, 1.807) is 6.08 Å². The SMILES string of the molecule is C/[N+]([O-])=C/C=C(/C#CCc1ccccc1)c1ccccc1. The lowest BCUT2D eigenvalue weighted by molar-refractivity contribution is -0.416. The number of benzene rings is 2. The molecule has 2 nitrogen and oxygen atoms in total. The summed E-state index contributed by atoms with van der Waals surface area (Å²) >= 11 is 0. The first-order valence-electron chi connectivity index (χ1n) is 6.79. The van der Waals surface area contributed by atoms with Gasteiger partial charge in [-0.15, -0.1) is 0 Å². The highest BCUT2D eigenvalue weighted by molar-refractivity contribution is 5.89. The molecule has 0 unspecified atom stereocenters. The van der Waals surface area contributed by atoms with Crippen LogP contribution in [-0.4, -0.2) is 18.0 Å². The van der Waals surface area contributed by atoms with Gasteiger partial charge in [-0.2, -0.15) is 0 Å². The van der Waals surface area contributed by atoms with E-state index in [0.29, 0.717) is 6.42 Å². The number of hydrogen-bond acceptors (Lipinski definition) is 1. The van der Waals surface area contributed by atoms with Crippen LogP contribution >= 0.6 is 0 Å². The molecule has 2 aromatic rings. The number of allylic oxidation sites excluding steroid dienone is 2. The minimum Gasteiger partial charge on any atom is -0.624 e. The summed E-state index contributed by atoms with van der Waals surface area (Å²) in [5, 5.41) is 11.0. The van der Waals surface area contributed by atoms with Crippen molar-refractivity contribution in [3.8, 4) is 11.8 Å². The standard InChI is InChI=1S/C19H17NO/c1-20(21)16-15-19(18-12-6-3-7-13-18)14-8-11-17-9-4-2-5-10-17/h2-7,9-10,12-13,15-16H,11H2,1H3/b19-15-,20-16-. The second-order valence-corrected chi connectivity index (χ2v) is 4.61. The van der Waals surface area contributed by atoms with Crippen LogP contribution in [0, 0.1) is 17.0 Å². The maximum atomic E-state index is 11.0. The van der Waals surface area contributed by atoms with Crippen molar-refractivity contribution >= 4 is 11.8 Å². The van der Waals surface area contributed by atoms with Gasteiger partial charge in [0, 0.05) is 18.1 Å². The van der Waals surface area contributed by atoms with Gasteiger partial charge in [0.25, 0.3) is 0 Å². The van der Waals surface area contributed by atoms with Crippen LogP contribution in [-0.2, 0) is 6.42 Å². The van der Waals surface area contributed by atoms with Crippen LogP contribution in [0.5, 0.6) is 0 Å². The predicted molar refractivity (Wildman–Crippen MR) is 88.0 cm³/mol. The Morgan fingerprint density at radius 2 is 1.67 bits per heavy atom. The molecule has 0 saturated heterocycles. The summed E-state index contributed by atoms with van der Waals surface area (Å²) in [4.78, 5) is 0. The molecule has 0 fully saturated rings. The molecule has 104 valence electrons. The minimum absolute atomic E-state index is 0.693. The van der Waals surface area contributed by atoms with Crippen LogP contribution in [0.3, 0.4) is 0 Å². The van der Waals surface area contributed by atoms with E-state index in [4.69, 9.17) is 0 Å². The van der Waals surface area contributed by atoms with Crippen LogP contribution in [0.1, 0.15) is 11.1 Å². The molecule has 0 radical (unpaired) electrons. The molecule has 0 N–H and O–H groups in total. The van der Waals surface area contributed by atoms with Crippen molar-refractivity contribution in [3.63, 3.8) is 0 Å². The summed E-state index contributed by atoms with van der Waals surface area (Å²) in [5.74, 6) is 6.32. The number of rotatable bonds is 3. The molecule has 0 aliphatic rings. The Balaban J connectivity index is 2.22. The average molecular weight is 275 g/mol. The Bertz CT molecular complexity index is 685. The third kappa shape index (κ3) is 5.00. The Kier molecular flexibility index (Phi) is 5.37. The second-order valence-electron chi connectivity index (χ2n) is 4.61. The molecule has 0 bridgehead atoms. The number of nitrogens with zero attached hydrogens (tertiary/aromatic N) is 1. The molecule has 0 aliphatic carbocycles. The molecule has 0 spiro atoms. The quantitative estimate of drug-likeness (QED) is 0.277. The van der Waals surface area contributed by atoms with Crippen LogP contribution < -0.4 is 0 Å². The highest BCUT2D eigenvalue weighted by Crippen LogP contribution is 2.12. The van der Waals surface area contributed by atoms with E-state index in [1.807, 2.05) is 48.5 Å². The third-order valence-corrected chi connectivity index (χ3v) is 2.89. The van der Waals surface area contributed by atoms with E-state index in [0.717, 1.165) is 15.9 Å². The zero-order valence-corrected chi connectivity index (χ0v) is 12.0. The van der Waals surface area contributed by atoms with Crippen molar-refractivity contribution in [1.82, 2.24) is 0 Å². The summed E-state index contributed by atoms with van der Waals surface area (Å²) in [6, 6.07) is 20.0. The maximum absolute atomic E-state index is 11.0. The maximum Gasteiger partial charge on any atom is 0.175 e. The number of hydrogen-bond donors (Lipinski definition) is 0. The molecule has 0 amide bonds. The summed E-state index contributed by atoms with van der Waals surface area (Å²) in [5.41, 5.74) is 3.03. The molecule has 2 aromatic carbocycles. The molecule has 0 aliphatic heterocycles. The smallest absolute Gasteiger partial charge is 0.175 e. The summed E-state index contributed by atoms with van der Waals surface area (Å²) in [6.07, 6.45) is 3.91. The fourth-order valence-electron chi connectivity index (χ4n) is 1.84. The van der Waals surface area contributed by atoms with Crippen molar-refractivity contribution in [3.05, 3.63) is 83.1 Å². The van der Waals surface area contributed by atoms with Crippen molar-refractivity contribution in [2.75, 3.05) is 7.05 Å². The minimum atomic E-state index is 0.693. The van der Waals surface area contributed by atoms with E-state index in [1.165, 1.54) is 18.8 Å². The largest absolute Gasteiger partial charge is 0.624 e. The molecule has 0 aromatic heterocycles. The van der Waals surface area contributed by atoms with E-state index in [2.05, 4.69) is 24.0 Å².